The topological polar surface area (TPSA) is 75.6 Å². The summed E-state index contributed by atoms with van der Waals surface area (Å²) in [5, 5.41) is 7.45. The maximum Gasteiger partial charge on any atom is 0.261 e. The van der Waals surface area contributed by atoms with Crippen molar-refractivity contribution in [1.82, 2.24) is 9.88 Å². The standard InChI is InChI=1S/C29H30Cl2N4O3/c1-15(2)26-25-19(14-34(26)22-9-10-32-13-24(22)38-4)27(36)35(23-12-18(31)6-5-16(23)3)29(25)20-8-7-17(30)11-21(20)33-28(29)37/h5-8,11-12,14-15,22,24,32H,9-10,13H2,1-4H3,(H,33,37)/t22-,24+,29+/m1/s1. The Hall–Kier alpha value is -2.84. The van der Waals surface area contributed by atoms with Gasteiger partial charge in [-0.25, -0.2) is 0 Å². The van der Waals surface area contributed by atoms with Gasteiger partial charge in [-0.3, -0.25) is 14.5 Å². The van der Waals surface area contributed by atoms with Crippen LogP contribution in [0.4, 0.5) is 11.4 Å². The number of benzene rings is 2. The number of rotatable bonds is 4. The fourth-order valence-corrected chi connectivity index (χ4v) is 6.90. The molecule has 3 aliphatic heterocycles. The van der Waals surface area contributed by atoms with Crippen LogP contribution in [0.2, 0.25) is 10.0 Å². The SMILES string of the molecule is CO[C@H]1CNCC[C@H]1n1cc2c(c1C(C)C)[C@@]1(C(=O)Nc3cc(Cl)ccc31)N(c1cc(Cl)ccc1C)C2=O. The van der Waals surface area contributed by atoms with Crippen LogP contribution in [-0.2, 0) is 15.1 Å². The number of hydrogen-bond donors (Lipinski definition) is 2. The summed E-state index contributed by atoms with van der Waals surface area (Å²) in [5.41, 5.74) is 3.57. The molecule has 1 spiro atoms. The fraction of sp³-hybridized carbons (Fsp3) is 0.379. The van der Waals surface area contributed by atoms with Crippen LogP contribution in [0, 0.1) is 6.92 Å². The third kappa shape index (κ3) is 3.42. The number of ether oxygens (including phenoxy) is 1. The highest BCUT2D eigenvalue weighted by Gasteiger charge is 2.63. The number of carbonyl (C=O) groups excluding carboxylic acids is 2. The number of methoxy groups -OCH3 is 1. The van der Waals surface area contributed by atoms with Crippen LogP contribution >= 0.6 is 23.2 Å². The number of halogens is 2. The number of piperidine rings is 1. The molecule has 1 saturated heterocycles. The van der Waals surface area contributed by atoms with Gasteiger partial charge >= 0.3 is 0 Å². The Balaban J connectivity index is 1.69. The van der Waals surface area contributed by atoms with Gasteiger partial charge < -0.3 is 19.9 Å². The second-order valence-corrected chi connectivity index (χ2v) is 11.5. The number of anilines is 2. The Morgan fingerprint density at radius 1 is 1.11 bits per heavy atom. The van der Waals surface area contributed by atoms with Crippen molar-refractivity contribution in [1.29, 1.82) is 0 Å². The van der Waals surface area contributed by atoms with Gasteiger partial charge in [-0.15, -0.1) is 0 Å². The molecule has 0 bridgehead atoms. The number of aryl methyl sites for hydroxylation is 1. The van der Waals surface area contributed by atoms with Crippen LogP contribution in [-0.4, -0.2) is 42.7 Å². The van der Waals surface area contributed by atoms with E-state index >= 15 is 0 Å². The lowest BCUT2D eigenvalue weighted by Gasteiger charge is -2.38. The van der Waals surface area contributed by atoms with Gasteiger partial charge in [-0.1, -0.05) is 49.2 Å². The van der Waals surface area contributed by atoms with Crippen LogP contribution in [0.15, 0.2) is 42.6 Å². The predicted molar refractivity (Wildman–Crippen MR) is 150 cm³/mol. The molecule has 3 aliphatic rings. The molecule has 3 atom stereocenters. The zero-order valence-electron chi connectivity index (χ0n) is 21.8. The van der Waals surface area contributed by atoms with Gasteiger partial charge in [0.2, 0.25) is 0 Å². The van der Waals surface area contributed by atoms with Crippen LogP contribution < -0.4 is 15.5 Å². The van der Waals surface area contributed by atoms with E-state index in [1.165, 1.54) is 0 Å². The Morgan fingerprint density at radius 3 is 2.58 bits per heavy atom. The minimum absolute atomic E-state index is 0.0281. The van der Waals surface area contributed by atoms with Crippen LogP contribution in [0.3, 0.4) is 0 Å². The minimum atomic E-state index is -1.40. The maximum absolute atomic E-state index is 14.5. The van der Waals surface area contributed by atoms with Crippen molar-refractivity contribution in [3.05, 3.63) is 80.6 Å². The summed E-state index contributed by atoms with van der Waals surface area (Å²) in [7, 11) is 1.72. The molecule has 4 heterocycles. The molecule has 0 radical (unpaired) electrons. The van der Waals surface area contributed by atoms with Gasteiger partial charge in [0.05, 0.1) is 23.4 Å². The van der Waals surface area contributed by atoms with E-state index in [1.807, 2.05) is 25.3 Å². The molecule has 2 aromatic carbocycles. The number of nitrogens with one attached hydrogen (secondary N) is 2. The molecular formula is C29H30Cl2N4O3. The quantitative estimate of drug-likeness (QED) is 0.439. The van der Waals surface area contributed by atoms with Gasteiger partial charge in [0, 0.05) is 52.4 Å². The molecule has 0 aliphatic carbocycles. The van der Waals surface area contributed by atoms with E-state index in [-0.39, 0.29) is 29.9 Å². The average Bonchev–Trinajstić information content (AvgIpc) is 3.49. The van der Waals surface area contributed by atoms with E-state index in [2.05, 4.69) is 29.0 Å². The first-order chi connectivity index (χ1) is 18.2. The Bertz CT molecular complexity index is 1480. The number of fused-ring (bicyclic) bond motifs is 4. The predicted octanol–water partition coefficient (Wildman–Crippen LogP) is 5.63. The summed E-state index contributed by atoms with van der Waals surface area (Å²) in [5.74, 6) is -0.485. The molecular weight excluding hydrogens is 523 g/mol. The lowest BCUT2D eigenvalue weighted by Crippen LogP contribution is -2.51. The summed E-state index contributed by atoms with van der Waals surface area (Å²) in [6, 6.07) is 10.8. The summed E-state index contributed by atoms with van der Waals surface area (Å²) >= 11 is 12.8. The molecule has 9 heteroatoms. The van der Waals surface area contributed by atoms with Crippen molar-refractivity contribution in [2.75, 3.05) is 30.4 Å². The highest BCUT2D eigenvalue weighted by Crippen LogP contribution is 2.56. The first kappa shape index (κ1) is 25.4. The molecule has 2 N–H and O–H groups in total. The smallest absolute Gasteiger partial charge is 0.261 e. The second kappa shape index (κ2) is 9.12. The van der Waals surface area contributed by atoms with E-state index in [4.69, 9.17) is 27.9 Å². The molecule has 7 nitrogen and oxygen atoms in total. The summed E-state index contributed by atoms with van der Waals surface area (Å²) in [4.78, 5) is 30.4. The third-order valence-electron chi connectivity index (χ3n) is 8.16. The van der Waals surface area contributed by atoms with Crippen LogP contribution in [0.1, 0.15) is 65.0 Å². The van der Waals surface area contributed by atoms with E-state index in [1.54, 1.807) is 36.3 Å². The number of carbonyl (C=O) groups is 2. The fourth-order valence-electron chi connectivity index (χ4n) is 6.56. The number of hydrogen-bond acceptors (Lipinski definition) is 4. The largest absolute Gasteiger partial charge is 0.378 e. The maximum atomic E-state index is 14.5. The Kier molecular flexibility index (Phi) is 6.11. The minimum Gasteiger partial charge on any atom is -0.378 e. The number of amides is 2. The van der Waals surface area contributed by atoms with Gasteiger partial charge in [0.25, 0.3) is 11.8 Å². The molecule has 198 valence electrons. The van der Waals surface area contributed by atoms with Gasteiger partial charge in [-0.2, -0.15) is 0 Å². The highest BCUT2D eigenvalue weighted by molar-refractivity contribution is 6.32. The number of aromatic nitrogens is 1. The average molecular weight is 553 g/mol. The Morgan fingerprint density at radius 2 is 1.84 bits per heavy atom. The second-order valence-electron chi connectivity index (χ2n) is 10.6. The molecule has 0 saturated carbocycles. The van der Waals surface area contributed by atoms with E-state index in [0.29, 0.717) is 32.5 Å². The highest BCUT2D eigenvalue weighted by atomic mass is 35.5. The number of nitrogens with zero attached hydrogens (tertiary/aromatic N) is 2. The molecule has 0 unspecified atom stereocenters. The van der Waals surface area contributed by atoms with Crippen molar-refractivity contribution in [3.63, 3.8) is 0 Å². The molecule has 2 amide bonds. The van der Waals surface area contributed by atoms with Crippen LogP contribution in [0.25, 0.3) is 0 Å². The van der Waals surface area contributed by atoms with E-state index in [9.17, 15) is 9.59 Å². The van der Waals surface area contributed by atoms with Gasteiger partial charge in [-0.05, 0) is 55.6 Å². The van der Waals surface area contributed by atoms with Crippen molar-refractivity contribution < 1.29 is 14.3 Å². The molecule has 1 fully saturated rings. The molecule has 1 aromatic heterocycles. The summed E-state index contributed by atoms with van der Waals surface area (Å²) < 4.78 is 8.06. The zero-order valence-corrected chi connectivity index (χ0v) is 23.3. The monoisotopic (exact) mass is 552 g/mol. The third-order valence-corrected chi connectivity index (χ3v) is 8.63. The lowest BCUT2D eigenvalue weighted by molar-refractivity contribution is -0.119. The van der Waals surface area contributed by atoms with Crippen molar-refractivity contribution in [2.24, 2.45) is 0 Å². The Labute approximate surface area is 232 Å². The molecule has 3 aromatic rings. The van der Waals surface area contributed by atoms with E-state index in [0.717, 1.165) is 36.3 Å². The van der Waals surface area contributed by atoms with Crippen LogP contribution in [0.5, 0.6) is 0 Å². The van der Waals surface area contributed by atoms with Crippen molar-refractivity contribution >= 4 is 46.4 Å². The first-order valence-corrected chi connectivity index (χ1v) is 13.7. The summed E-state index contributed by atoms with van der Waals surface area (Å²) in [6.45, 7) is 7.70. The lowest BCUT2D eigenvalue weighted by atomic mass is 9.81. The summed E-state index contributed by atoms with van der Waals surface area (Å²) in [6.07, 6.45) is 2.73. The first-order valence-electron chi connectivity index (χ1n) is 12.9. The van der Waals surface area contributed by atoms with Gasteiger partial charge in [0.1, 0.15) is 0 Å². The van der Waals surface area contributed by atoms with Crippen molar-refractivity contribution in [2.45, 2.75) is 50.8 Å². The molecule has 6 rings (SSSR count). The normalized spacial score (nSPS) is 24.3. The molecule has 38 heavy (non-hydrogen) atoms. The van der Waals surface area contributed by atoms with Gasteiger partial charge in [0.15, 0.2) is 5.54 Å². The van der Waals surface area contributed by atoms with E-state index < -0.39 is 5.54 Å². The van der Waals surface area contributed by atoms with Crippen molar-refractivity contribution in [3.8, 4) is 0 Å². The zero-order chi connectivity index (χ0) is 26.9.